The summed E-state index contributed by atoms with van der Waals surface area (Å²) < 4.78 is 5.10. The molecule has 0 saturated carbocycles. The van der Waals surface area contributed by atoms with Gasteiger partial charge >= 0.3 is 12.1 Å². The van der Waals surface area contributed by atoms with Crippen LogP contribution in [0.15, 0.2) is 47.4 Å². The van der Waals surface area contributed by atoms with E-state index in [9.17, 15) is 24.5 Å². The predicted octanol–water partition coefficient (Wildman–Crippen LogP) is 3.32. The molecule has 13 nitrogen and oxygen atoms in total. The van der Waals surface area contributed by atoms with E-state index in [0.29, 0.717) is 10.7 Å². The van der Waals surface area contributed by atoms with Crippen LogP contribution in [-0.4, -0.2) is 42.0 Å². The highest BCUT2D eigenvalue weighted by atomic mass is 35.5. The van der Waals surface area contributed by atoms with Gasteiger partial charge in [0, 0.05) is 12.3 Å². The lowest BCUT2D eigenvalue weighted by Crippen LogP contribution is -2.19. The number of carbonyl (C=O) groups excluding carboxylic acids is 1. The molecule has 0 spiro atoms. The summed E-state index contributed by atoms with van der Waals surface area (Å²) in [4.78, 5) is 58.9. The minimum atomic E-state index is -1.55. The van der Waals surface area contributed by atoms with Gasteiger partial charge < -0.3 is 19.8 Å². The summed E-state index contributed by atoms with van der Waals surface area (Å²) >= 11 is 5.97. The van der Waals surface area contributed by atoms with Gasteiger partial charge in [-0.05, 0) is 18.2 Å². The van der Waals surface area contributed by atoms with Crippen LogP contribution in [-0.2, 0) is 11.3 Å². The number of amides is 1. The second-order valence-corrected chi connectivity index (χ2v) is 7.19. The van der Waals surface area contributed by atoms with Crippen LogP contribution in [0.1, 0.15) is 16.2 Å². The summed E-state index contributed by atoms with van der Waals surface area (Å²) in [5.74, 6) is -1.50. The van der Waals surface area contributed by atoms with Crippen LogP contribution in [0, 0.1) is 10.1 Å². The largest absolute Gasteiger partial charge is 0.476 e. The van der Waals surface area contributed by atoms with E-state index < -0.39 is 33.9 Å². The molecule has 2 aromatic heterocycles. The van der Waals surface area contributed by atoms with E-state index in [1.54, 1.807) is 24.3 Å². The zero-order chi connectivity index (χ0) is 24.4. The van der Waals surface area contributed by atoms with E-state index in [0.717, 1.165) is 6.07 Å². The molecule has 0 radical (unpaired) electrons. The fraction of sp³-hybridized carbons (Fsp3) is 0.0500. The van der Waals surface area contributed by atoms with Crippen LogP contribution < -0.4 is 10.9 Å². The first kappa shape index (κ1) is 22.4. The highest BCUT2D eigenvalue weighted by Crippen LogP contribution is 2.31. The standard InChI is InChI=1S/C20H13ClN6O7/c21-11-3-1-2-4-12(11)26-20(31)34-8-9-7-22-17(23-9)10-5-13-14(6-15(10)27(32)33)25-18(28)16(24-13)19(29)30/h1-7H,8H2,(H,22,23)(H,25,28)(H,26,31)(H,29,30). The van der Waals surface area contributed by atoms with E-state index in [2.05, 4.69) is 25.3 Å². The summed E-state index contributed by atoms with van der Waals surface area (Å²) in [7, 11) is 0. The number of nitro benzene ring substituents is 1. The Labute approximate surface area is 193 Å². The molecule has 34 heavy (non-hydrogen) atoms. The summed E-state index contributed by atoms with van der Waals surface area (Å²) in [6.45, 7) is -0.261. The van der Waals surface area contributed by atoms with Gasteiger partial charge in [0.2, 0.25) is 5.69 Å². The number of nitrogens with one attached hydrogen (secondary N) is 3. The number of halogens is 1. The second-order valence-electron chi connectivity index (χ2n) is 6.78. The van der Waals surface area contributed by atoms with E-state index in [1.807, 2.05) is 0 Å². The van der Waals surface area contributed by atoms with Gasteiger partial charge in [-0.2, -0.15) is 0 Å². The zero-order valence-corrected chi connectivity index (χ0v) is 17.6. The maximum Gasteiger partial charge on any atom is 0.412 e. The number of benzene rings is 2. The molecule has 4 N–H and O–H groups in total. The number of nitro groups is 1. The van der Waals surface area contributed by atoms with Crippen molar-refractivity contribution in [1.29, 1.82) is 0 Å². The predicted molar refractivity (Wildman–Crippen MR) is 119 cm³/mol. The van der Waals surface area contributed by atoms with E-state index >= 15 is 0 Å². The quantitative estimate of drug-likeness (QED) is 0.234. The Balaban J connectivity index is 1.59. The number of aromatic amines is 2. The van der Waals surface area contributed by atoms with Crippen LogP contribution in [0.3, 0.4) is 0 Å². The van der Waals surface area contributed by atoms with Gasteiger partial charge in [-0.1, -0.05) is 23.7 Å². The first-order valence-corrected chi connectivity index (χ1v) is 9.79. The summed E-state index contributed by atoms with van der Waals surface area (Å²) in [6, 6.07) is 8.85. The maximum atomic E-state index is 12.0. The minimum absolute atomic E-state index is 0.00548. The molecule has 14 heteroatoms. The number of para-hydroxylation sites is 1. The lowest BCUT2D eigenvalue weighted by Gasteiger charge is -2.07. The van der Waals surface area contributed by atoms with Crippen molar-refractivity contribution in [3.8, 4) is 11.4 Å². The summed E-state index contributed by atoms with van der Waals surface area (Å²) in [5.41, 5.74) is -1.58. The van der Waals surface area contributed by atoms with Gasteiger partial charge in [0.25, 0.3) is 11.2 Å². The number of ether oxygens (including phenoxy) is 1. The topological polar surface area (TPSA) is 193 Å². The summed E-state index contributed by atoms with van der Waals surface area (Å²) in [5, 5.41) is 23.5. The fourth-order valence-corrected chi connectivity index (χ4v) is 3.21. The smallest absolute Gasteiger partial charge is 0.412 e. The monoisotopic (exact) mass is 484 g/mol. The molecule has 0 unspecified atom stereocenters. The Kier molecular flexibility index (Phi) is 5.93. The minimum Gasteiger partial charge on any atom is -0.476 e. The molecule has 2 heterocycles. The summed E-state index contributed by atoms with van der Waals surface area (Å²) in [6.07, 6.45) is 0.596. The Morgan fingerprint density at radius 2 is 2.00 bits per heavy atom. The number of carbonyl (C=O) groups is 2. The van der Waals surface area contributed by atoms with Crippen LogP contribution in [0.25, 0.3) is 22.4 Å². The van der Waals surface area contributed by atoms with Gasteiger partial charge in [-0.15, -0.1) is 0 Å². The Hall–Kier alpha value is -4.78. The third-order valence-corrected chi connectivity index (χ3v) is 4.89. The number of aromatic nitrogens is 4. The average Bonchev–Trinajstić information content (AvgIpc) is 3.26. The highest BCUT2D eigenvalue weighted by Gasteiger charge is 2.22. The van der Waals surface area contributed by atoms with Gasteiger partial charge in [0.1, 0.15) is 12.4 Å². The molecule has 0 aliphatic carbocycles. The van der Waals surface area contributed by atoms with E-state index in [1.165, 1.54) is 12.3 Å². The normalized spacial score (nSPS) is 10.7. The van der Waals surface area contributed by atoms with Gasteiger partial charge in [-0.3, -0.25) is 20.2 Å². The first-order valence-electron chi connectivity index (χ1n) is 9.41. The van der Waals surface area contributed by atoms with Crippen molar-refractivity contribution in [3.63, 3.8) is 0 Å². The molecule has 0 aliphatic rings. The molecule has 0 saturated heterocycles. The number of hydrogen-bond donors (Lipinski definition) is 4. The Morgan fingerprint density at radius 3 is 2.71 bits per heavy atom. The lowest BCUT2D eigenvalue weighted by molar-refractivity contribution is -0.384. The van der Waals surface area contributed by atoms with Crippen LogP contribution in [0.4, 0.5) is 16.2 Å². The van der Waals surface area contributed by atoms with E-state index in [-0.39, 0.29) is 34.7 Å². The number of carboxylic acid groups (broad SMARTS) is 1. The van der Waals surface area contributed by atoms with Gasteiger partial charge in [0.15, 0.2) is 0 Å². The van der Waals surface area contributed by atoms with Crippen LogP contribution in [0.2, 0.25) is 5.02 Å². The molecule has 0 bridgehead atoms. The SMILES string of the molecule is O=C(Nc1ccccc1Cl)OCc1c[nH]c(-c2cc3nc(C(=O)O)c(=O)[nH]c3cc2[N+](=O)[O-])n1. The second kappa shape index (κ2) is 8.99. The fourth-order valence-electron chi connectivity index (χ4n) is 3.03. The molecule has 4 aromatic rings. The molecule has 0 atom stereocenters. The molecule has 4 rings (SSSR count). The van der Waals surface area contributed by atoms with E-state index in [4.69, 9.17) is 21.4 Å². The maximum absolute atomic E-state index is 12.0. The molecular weight excluding hydrogens is 472 g/mol. The number of nitrogens with zero attached hydrogens (tertiary/aromatic N) is 3. The third kappa shape index (κ3) is 4.54. The van der Waals surface area contributed by atoms with Crippen molar-refractivity contribution < 1.29 is 24.4 Å². The average molecular weight is 485 g/mol. The molecule has 2 aromatic carbocycles. The van der Waals surface area contributed by atoms with Crippen molar-refractivity contribution in [1.82, 2.24) is 19.9 Å². The van der Waals surface area contributed by atoms with Crippen molar-refractivity contribution >= 4 is 46.1 Å². The van der Waals surface area contributed by atoms with Crippen molar-refractivity contribution in [2.45, 2.75) is 6.61 Å². The first-order chi connectivity index (χ1) is 16.2. The third-order valence-electron chi connectivity index (χ3n) is 4.56. The Morgan fingerprint density at radius 1 is 1.24 bits per heavy atom. The number of carboxylic acids is 1. The zero-order valence-electron chi connectivity index (χ0n) is 16.9. The molecular formula is C20H13ClN6O7. The highest BCUT2D eigenvalue weighted by molar-refractivity contribution is 6.33. The van der Waals surface area contributed by atoms with Crippen LogP contribution >= 0.6 is 11.6 Å². The van der Waals surface area contributed by atoms with Crippen molar-refractivity contribution in [3.05, 3.63) is 79.5 Å². The van der Waals surface area contributed by atoms with Crippen LogP contribution in [0.5, 0.6) is 0 Å². The molecule has 172 valence electrons. The number of imidazole rings is 1. The molecule has 0 aliphatic heterocycles. The van der Waals surface area contributed by atoms with Gasteiger partial charge in [-0.25, -0.2) is 19.6 Å². The molecule has 1 amide bonds. The number of H-pyrrole nitrogens is 2. The van der Waals surface area contributed by atoms with Crippen molar-refractivity contribution in [2.75, 3.05) is 5.32 Å². The lowest BCUT2D eigenvalue weighted by atomic mass is 10.1. The Bertz CT molecular complexity index is 1510. The number of anilines is 1. The number of rotatable bonds is 6. The van der Waals surface area contributed by atoms with Gasteiger partial charge in [0.05, 0.1) is 37.9 Å². The molecule has 0 fully saturated rings. The number of hydrogen-bond acceptors (Lipinski definition) is 8. The number of aromatic carboxylic acids is 1. The number of fused-ring (bicyclic) bond motifs is 1. The van der Waals surface area contributed by atoms with Crippen molar-refractivity contribution in [2.24, 2.45) is 0 Å².